The molecule has 11 aromatic rings. The van der Waals surface area contributed by atoms with Crippen LogP contribution < -0.4 is 17.6 Å². The zero-order chi connectivity index (χ0) is 37.5. The van der Waals surface area contributed by atoms with Crippen LogP contribution in [0.3, 0.4) is 0 Å². The second kappa shape index (κ2) is 12.7. The van der Waals surface area contributed by atoms with E-state index >= 15 is 0 Å². The van der Waals surface area contributed by atoms with E-state index in [1.807, 2.05) is 11.3 Å². The summed E-state index contributed by atoms with van der Waals surface area (Å²) in [6.07, 6.45) is 0. The number of hydrogen-bond acceptors (Lipinski definition) is 3. The van der Waals surface area contributed by atoms with E-state index in [4.69, 9.17) is 9.97 Å². The van der Waals surface area contributed by atoms with Gasteiger partial charge in [-0.05, 0) is 6.07 Å². The summed E-state index contributed by atoms with van der Waals surface area (Å²) in [5.41, 5.74) is 8.94. The van der Waals surface area contributed by atoms with E-state index in [9.17, 15) is 0 Å². The van der Waals surface area contributed by atoms with Gasteiger partial charge in [-0.1, -0.05) is 12.1 Å². The van der Waals surface area contributed by atoms with Crippen LogP contribution in [0.1, 0.15) is 0 Å². The average molecular weight is 805 g/mol. The summed E-state index contributed by atoms with van der Waals surface area (Å²) in [4.78, 5) is 11.1. The molecule has 3 aromatic heterocycles. The fourth-order valence-corrected chi connectivity index (χ4v) is 21.7. The summed E-state index contributed by atoms with van der Waals surface area (Å²) < 4.78 is 10.5. The fraction of sp³-hybridized carbons (Fsp3) is 0. The Balaban J connectivity index is 1.13. The van der Waals surface area contributed by atoms with Crippen LogP contribution in [0.4, 0.5) is 0 Å². The van der Waals surface area contributed by atoms with Crippen molar-refractivity contribution in [1.82, 2.24) is 14.5 Å². The van der Waals surface area contributed by atoms with Gasteiger partial charge in [-0.25, -0.2) is 0 Å². The molecule has 0 radical (unpaired) electrons. The van der Waals surface area contributed by atoms with Crippen LogP contribution in [0.5, 0.6) is 0 Å². The van der Waals surface area contributed by atoms with Gasteiger partial charge in [0.05, 0.1) is 0 Å². The molecule has 57 heavy (non-hydrogen) atoms. The molecule has 266 valence electrons. The third-order valence-corrected chi connectivity index (χ3v) is 23.2. The fourth-order valence-electron chi connectivity index (χ4n) is 9.55. The Morgan fingerprint density at radius 3 is 1.79 bits per heavy atom. The summed E-state index contributed by atoms with van der Waals surface area (Å²) >= 11 is -1.80. The number of thiophene rings is 1. The van der Waals surface area contributed by atoms with Gasteiger partial charge in [0.15, 0.2) is 0 Å². The van der Waals surface area contributed by atoms with Crippen molar-refractivity contribution in [3.63, 3.8) is 0 Å². The predicted octanol–water partition coefficient (Wildman–Crippen LogP) is 10.6. The van der Waals surface area contributed by atoms with E-state index in [0.717, 1.165) is 34.0 Å². The van der Waals surface area contributed by atoms with Crippen LogP contribution >= 0.6 is 11.3 Å². The minimum absolute atomic E-state index is 0.747. The molecular formula is C52H33GeN3S. The molecule has 0 unspecified atom stereocenters. The van der Waals surface area contributed by atoms with Gasteiger partial charge in [-0.2, -0.15) is 0 Å². The molecule has 1 aliphatic rings. The standard InChI is InChI=1S/C52H33GeN3S/c1-4-16-35(17-5-1)52-54-50(49-51(55-52)39-22-10-13-25-42(39)53(49,36-18-6-2-7-19-36)37-20-8-3-9-21-37)34-28-30-38(31-29-34)56-43-26-14-11-23-40(43)47-44(56)32-33-46-48(47)41-24-12-15-27-45(41)57-46/h1-33H. The Bertz CT molecular complexity index is 3300. The van der Waals surface area contributed by atoms with Crippen LogP contribution in [-0.2, 0) is 0 Å². The number of hydrogen-bond donors (Lipinski definition) is 0. The van der Waals surface area contributed by atoms with Gasteiger partial charge in [0, 0.05) is 0 Å². The van der Waals surface area contributed by atoms with Crippen LogP contribution in [0.25, 0.3) is 81.6 Å². The summed E-state index contributed by atoms with van der Waals surface area (Å²) in [6.45, 7) is 0. The monoisotopic (exact) mass is 805 g/mol. The molecule has 0 spiro atoms. The molecule has 5 heteroatoms. The topological polar surface area (TPSA) is 30.7 Å². The van der Waals surface area contributed by atoms with Crippen molar-refractivity contribution in [3.8, 4) is 39.6 Å². The predicted molar refractivity (Wildman–Crippen MR) is 243 cm³/mol. The first-order chi connectivity index (χ1) is 28.3. The van der Waals surface area contributed by atoms with E-state index < -0.39 is 13.3 Å². The maximum absolute atomic E-state index is 5.59. The maximum atomic E-state index is 5.59. The molecule has 0 bridgehead atoms. The first kappa shape index (κ1) is 32.6. The van der Waals surface area contributed by atoms with Crippen molar-refractivity contribution < 1.29 is 0 Å². The molecule has 0 saturated heterocycles. The van der Waals surface area contributed by atoms with Gasteiger partial charge in [0.25, 0.3) is 0 Å². The molecule has 0 amide bonds. The van der Waals surface area contributed by atoms with Gasteiger partial charge in [0.1, 0.15) is 0 Å². The molecule has 0 aliphatic carbocycles. The minimum atomic E-state index is -3.67. The van der Waals surface area contributed by atoms with Crippen molar-refractivity contribution in [3.05, 3.63) is 200 Å². The first-order valence-corrected chi connectivity index (χ1v) is 24.4. The van der Waals surface area contributed by atoms with E-state index in [1.165, 1.54) is 65.1 Å². The molecule has 1 aliphatic heterocycles. The molecule has 0 fully saturated rings. The summed E-state index contributed by atoms with van der Waals surface area (Å²) in [5, 5.41) is 5.24. The average Bonchev–Trinajstić information content (AvgIpc) is 3.93. The van der Waals surface area contributed by atoms with Crippen LogP contribution in [0.15, 0.2) is 200 Å². The molecule has 0 N–H and O–H groups in total. The van der Waals surface area contributed by atoms with Crippen molar-refractivity contribution in [2.24, 2.45) is 0 Å². The number of nitrogens with zero attached hydrogens (tertiary/aromatic N) is 3. The van der Waals surface area contributed by atoms with Crippen LogP contribution in [0.2, 0.25) is 0 Å². The number of rotatable bonds is 5. The molecule has 0 saturated carbocycles. The molecule has 8 aromatic carbocycles. The molecule has 12 rings (SSSR count). The number of aromatic nitrogens is 3. The van der Waals surface area contributed by atoms with Gasteiger partial charge in [-0.3, -0.25) is 0 Å². The third-order valence-electron chi connectivity index (χ3n) is 11.9. The number of benzene rings is 8. The SMILES string of the molecule is c1ccc(-c2nc(-c3ccc(-n4c5ccccc5c5c6c(ccc54)sc4ccccc46)cc3)[c]3c(n2)-c2cccc[c]2[Ge]3([c]2ccccc2)[c]2ccccc2)cc1. The zero-order valence-electron chi connectivity index (χ0n) is 30.8. The summed E-state index contributed by atoms with van der Waals surface area (Å²) in [7, 11) is 0. The molecule has 4 heterocycles. The van der Waals surface area contributed by atoms with Crippen LogP contribution in [0, 0.1) is 0 Å². The quantitative estimate of drug-likeness (QED) is 0.162. The van der Waals surface area contributed by atoms with Crippen LogP contribution in [-0.4, -0.2) is 27.8 Å². The van der Waals surface area contributed by atoms with E-state index in [1.54, 1.807) is 0 Å². The second-order valence-corrected chi connectivity index (χ2v) is 23.7. The Morgan fingerprint density at radius 2 is 1.04 bits per heavy atom. The van der Waals surface area contributed by atoms with E-state index in [-0.39, 0.29) is 0 Å². The van der Waals surface area contributed by atoms with Crippen molar-refractivity contribution in [1.29, 1.82) is 0 Å². The van der Waals surface area contributed by atoms with Gasteiger partial charge < -0.3 is 0 Å². The van der Waals surface area contributed by atoms with Crippen molar-refractivity contribution >= 4 is 84.2 Å². The summed E-state index contributed by atoms with van der Waals surface area (Å²) in [5.74, 6) is 0.747. The molecule has 0 atom stereocenters. The van der Waals surface area contributed by atoms with E-state index in [2.05, 4.69) is 205 Å². The van der Waals surface area contributed by atoms with Crippen molar-refractivity contribution in [2.75, 3.05) is 0 Å². The second-order valence-electron chi connectivity index (χ2n) is 14.8. The number of fused-ring (bicyclic) bond motifs is 10. The zero-order valence-corrected chi connectivity index (χ0v) is 33.7. The molecular weight excluding hydrogens is 771 g/mol. The van der Waals surface area contributed by atoms with Gasteiger partial charge in [0.2, 0.25) is 0 Å². The normalized spacial score (nSPS) is 13.1. The van der Waals surface area contributed by atoms with Gasteiger partial charge in [-0.15, -0.1) is 0 Å². The Kier molecular flexibility index (Phi) is 7.28. The van der Waals surface area contributed by atoms with Gasteiger partial charge >= 0.3 is 320 Å². The van der Waals surface area contributed by atoms with Crippen molar-refractivity contribution in [2.45, 2.75) is 0 Å². The Labute approximate surface area is 336 Å². The first-order valence-electron chi connectivity index (χ1n) is 19.4. The Morgan fingerprint density at radius 1 is 0.421 bits per heavy atom. The third kappa shape index (κ3) is 4.72. The summed E-state index contributed by atoms with van der Waals surface area (Å²) in [6, 6.07) is 73.2. The Hall–Kier alpha value is -6.60. The molecule has 3 nitrogen and oxygen atoms in total. The van der Waals surface area contributed by atoms with E-state index in [0.29, 0.717) is 0 Å². The number of para-hydroxylation sites is 1.